The number of carbonyl (C=O) groups is 1. The zero-order chi connectivity index (χ0) is 12.8. The topological polar surface area (TPSA) is 20.3 Å². The van der Waals surface area contributed by atoms with Gasteiger partial charge in [-0.3, -0.25) is 4.79 Å². The summed E-state index contributed by atoms with van der Waals surface area (Å²) in [4.78, 5) is 13.7. The molecule has 2 nitrogen and oxygen atoms in total. The van der Waals surface area contributed by atoms with Crippen molar-refractivity contribution in [3.8, 4) is 0 Å². The molecule has 0 N–H and O–H groups in total. The fourth-order valence-corrected chi connectivity index (χ4v) is 2.26. The van der Waals surface area contributed by atoms with Gasteiger partial charge < -0.3 is 4.90 Å². The highest BCUT2D eigenvalue weighted by atomic mass is 79.9. The van der Waals surface area contributed by atoms with Gasteiger partial charge in [-0.1, -0.05) is 13.0 Å². The normalized spacial score (nSPS) is 10.4. The van der Waals surface area contributed by atoms with E-state index in [1.54, 1.807) is 17.0 Å². The van der Waals surface area contributed by atoms with E-state index >= 15 is 0 Å². The highest BCUT2D eigenvalue weighted by Gasteiger charge is 2.20. The number of nitrogens with zero attached hydrogens (tertiary/aromatic N) is 1. The van der Waals surface area contributed by atoms with Gasteiger partial charge in [-0.05, 0) is 34.5 Å². The van der Waals surface area contributed by atoms with Crippen molar-refractivity contribution in [1.29, 1.82) is 0 Å². The molecule has 5 heteroatoms. The summed E-state index contributed by atoms with van der Waals surface area (Å²) in [6.45, 7) is 2.96. The standard InChI is InChI=1S/C12H14BrClFNO/c1-2-7-16(8-6-14)12(17)11-9(13)4-3-5-10(11)15/h3-5H,2,6-8H2,1H3. The molecule has 1 amide bonds. The minimum Gasteiger partial charge on any atom is -0.337 e. The Bertz CT molecular complexity index is 374. The maximum Gasteiger partial charge on any atom is 0.258 e. The Morgan fingerprint density at radius 1 is 1.47 bits per heavy atom. The second kappa shape index (κ2) is 6.97. The smallest absolute Gasteiger partial charge is 0.258 e. The Hall–Kier alpha value is -0.610. The lowest BCUT2D eigenvalue weighted by molar-refractivity contribution is 0.0760. The Morgan fingerprint density at radius 2 is 2.18 bits per heavy atom. The second-order valence-electron chi connectivity index (χ2n) is 3.58. The van der Waals surface area contributed by atoms with Crippen molar-refractivity contribution in [2.45, 2.75) is 13.3 Å². The molecule has 0 heterocycles. The highest BCUT2D eigenvalue weighted by molar-refractivity contribution is 9.10. The van der Waals surface area contributed by atoms with E-state index in [-0.39, 0.29) is 11.5 Å². The van der Waals surface area contributed by atoms with Crippen LogP contribution in [0.5, 0.6) is 0 Å². The molecule has 0 saturated heterocycles. The Labute approximate surface area is 114 Å². The molecular formula is C12H14BrClFNO. The summed E-state index contributed by atoms with van der Waals surface area (Å²) in [5.41, 5.74) is 0.0751. The fourth-order valence-electron chi connectivity index (χ4n) is 1.55. The lowest BCUT2D eigenvalue weighted by Gasteiger charge is -2.21. The van der Waals surface area contributed by atoms with Gasteiger partial charge in [-0.25, -0.2) is 4.39 Å². The van der Waals surface area contributed by atoms with Gasteiger partial charge in [-0.2, -0.15) is 0 Å². The molecule has 0 aliphatic heterocycles. The van der Waals surface area contributed by atoms with Gasteiger partial charge in [0.15, 0.2) is 0 Å². The second-order valence-corrected chi connectivity index (χ2v) is 4.81. The summed E-state index contributed by atoms with van der Waals surface area (Å²) in [6.07, 6.45) is 0.814. The SMILES string of the molecule is CCCN(CCCl)C(=O)c1c(F)cccc1Br. The summed E-state index contributed by atoms with van der Waals surface area (Å²) in [5, 5.41) is 0. The van der Waals surface area contributed by atoms with Crippen LogP contribution in [0.25, 0.3) is 0 Å². The van der Waals surface area contributed by atoms with E-state index in [0.717, 1.165) is 6.42 Å². The molecule has 94 valence electrons. The predicted octanol–water partition coefficient (Wildman–Crippen LogP) is 3.68. The van der Waals surface area contributed by atoms with E-state index in [1.807, 2.05) is 6.92 Å². The van der Waals surface area contributed by atoms with Crippen molar-refractivity contribution < 1.29 is 9.18 Å². The maximum absolute atomic E-state index is 13.6. The molecule has 0 radical (unpaired) electrons. The third-order valence-electron chi connectivity index (χ3n) is 2.31. The molecule has 1 rings (SSSR count). The Kier molecular flexibility index (Phi) is 5.92. The van der Waals surface area contributed by atoms with Gasteiger partial charge in [0.05, 0.1) is 5.56 Å². The first-order valence-electron chi connectivity index (χ1n) is 5.41. The van der Waals surface area contributed by atoms with Crippen molar-refractivity contribution in [1.82, 2.24) is 4.90 Å². The lowest BCUT2D eigenvalue weighted by Crippen LogP contribution is -2.34. The number of hydrogen-bond donors (Lipinski definition) is 0. The summed E-state index contributed by atoms with van der Waals surface area (Å²) in [7, 11) is 0. The summed E-state index contributed by atoms with van der Waals surface area (Å²) in [6, 6.07) is 4.49. The van der Waals surface area contributed by atoms with E-state index in [1.165, 1.54) is 6.07 Å². The monoisotopic (exact) mass is 321 g/mol. The number of amides is 1. The number of rotatable bonds is 5. The first kappa shape index (κ1) is 14.5. The molecule has 0 aromatic heterocycles. The zero-order valence-corrected chi connectivity index (χ0v) is 11.9. The van der Waals surface area contributed by atoms with E-state index < -0.39 is 5.82 Å². The largest absolute Gasteiger partial charge is 0.337 e. The number of halogens is 3. The van der Waals surface area contributed by atoms with E-state index in [9.17, 15) is 9.18 Å². The van der Waals surface area contributed by atoms with Crippen LogP contribution >= 0.6 is 27.5 Å². The minimum atomic E-state index is -0.514. The number of benzene rings is 1. The average molecular weight is 323 g/mol. The molecule has 0 aliphatic carbocycles. The molecule has 1 aromatic rings. The first-order chi connectivity index (χ1) is 8.11. The Balaban J connectivity index is 3.00. The van der Waals surface area contributed by atoms with Crippen LogP contribution < -0.4 is 0 Å². The first-order valence-corrected chi connectivity index (χ1v) is 6.73. The molecule has 17 heavy (non-hydrogen) atoms. The van der Waals surface area contributed by atoms with Gasteiger partial charge in [0.2, 0.25) is 0 Å². The summed E-state index contributed by atoms with van der Waals surface area (Å²) >= 11 is 8.84. The van der Waals surface area contributed by atoms with Crippen LogP contribution in [-0.2, 0) is 0 Å². The summed E-state index contributed by atoms with van der Waals surface area (Å²) in [5.74, 6) is -0.491. The molecule has 0 fully saturated rings. The van der Waals surface area contributed by atoms with Crippen LogP contribution in [0.2, 0.25) is 0 Å². The van der Waals surface area contributed by atoms with Gasteiger partial charge >= 0.3 is 0 Å². The predicted molar refractivity (Wildman–Crippen MR) is 71.0 cm³/mol. The van der Waals surface area contributed by atoms with Crippen LogP contribution in [0.1, 0.15) is 23.7 Å². The molecule has 0 spiro atoms. The van der Waals surface area contributed by atoms with Crippen molar-refractivity contribution >= 4 is 33.4 Å². The maximum atomic E-state index is 13.6. The molecule has 0 atom stereocenters. The summed E-state index contributed by atoms with van der Waals surface area (Å²) < 4.78 is 14.1. The van der Waals surface area contributed by atoms with E-state index in [2.05, 4.69) is 15.9 Å². The molecule has 1 aromatic carbocycles. The average Bonchev–Trinajstić information content (AvgIpc) is 2.28. The molecule has 0 saturated carbocycles. The van der Waals surface area contributed by atoms with Crippen molar-refractivity contribution in [3.63, 3.8) is 0 Å². The zero-order valence-electron chi connectivity index (χ0n) is 9.55. The molecule has 0 unspecified atom stereocenters. The molecular weight excluding hydrogens is 308 g/mol. The van der Waals surface area contributed by atoms with Crippen LogP contribution in [-0.4, -0.2) is 29.8 Å². The third-order valence-corrected chi connectivity index (χ3v) is 3.14. The van der Waals surface area contributed by atoms with Crippen LogP contribution in [0.3, 0.4) is 0 Å². The van der Waals surface area contributed by atoms with Gasteiger partial charge in [0, 0.05) is 23.4 Å². The van der Waals surface area contributed by atoms with Gasteiger partial charge in [0.25, 0.3) is 5.91 Å². The molecule has 0 aliphatic rings. The third kappa shape index (κ3) is 3.68. The van der Waals surface area contributed by atoms with Crippen LogP contribution in [0, 0.1) is 5.82 Å². The van der Waals surface area contributed by atoms with Crippen LogP contribution in [0.4, 0.5) is 4.39 Å². The van der Waals surface area contributed by atoms with Crippen molar-refractivity contribution in [2.75, 3.05) is 19.0 Å². The number of hydrogen-bond acceptors (Lipinski definition) is 1. The van der Waals surface area contributed by atoms with E-state index in [0.29, 0.717) is 23.4 Å². The number of carbonyl (C=O) groups excluding carboxylic acids is 1. The lowest BCUT2D eigenvalue weighted by atomic mass is 10.2. The quantitative estimate of drug-likeness (QED) is 0.757. The van der Waals surface area contributed by atoms with Gasteiger partial charge in [-0.15, -0.1) is 11.6 Å². The van der Waals surface area contributed by atoms with Crippen LogP contribution in [0.15, 0.2) is 22.7 Å². The van der Waals surface area contributed by atoms with Crippen molar-refractivity contribution in [3.05, 3.63) is 34.1 Å². The highest BCUT2D eigenvalue weighted by Crippen LogP contribution is 2.21. The Morgan fingerprint density at radius 3 is 2.71 bits per heavy atom. The minimum absolute atomic E-state index is 0.0751. The molecule has 0 bridgehead atoms. The van der Waals surface area contributed by atoms with Gasteiger partial charge in [0.1, 0.15) is 5.82 Å². The fraction of sp³-hybridized carbons (Fsp3) is 0.417. The number of alkyl halides is 1. The van der Waals surface area contributed by atoms with Crippen molar-refractivity contribution in [2.24, 2.45) is 0 Å². The van der Waals surface area contributed by atoms with E-state index in [4.69, 9.17) is 11.6 Å².